The Labute approximate surface area is 77.7 Å². The summed E-state index contributed by atoms with van der Waals surface area (Å²) in [6.45, 7) is 5.69. The molecule has 1 nitrogen and oxygen atoms in total. The lowest BCUT2D eigenvalue weighted by atomic mass is 10.2. The minimum absolute atomic E-state index is 0.859. The SMILES string of the molecule is C=CCSc1ccc(N)c(C)c1. The number of anilines is 1. The highest BCUT2D eigenvalue weighted by Crippen LogP contribution is 2.22. The summed E-state index contributed by atoms with van der Waals surface area (Å²) in [5.74, 6) is 0.948. The van der Waals surface area contributed by atoms with Gasteiger partial charge in [0.15, 0.2) is 0 Å². The second kappa shape index (κ2) is 4.21. The van der Waals surface area contributed by atoms with Crippen molar-refractivity contribution in [2.24, 2.45) is 0 Å². The Bertz CT molecular complexity index is 281. The first-order valence-corrected chi connectivity index (χ1v) is 4.82. The van der Waals surface area contributed by atoms with Crippen molar-refractivity contribution >= 4 is 17.4 Å². The van der Waals surface area contributed by atoms with Crippen molar-refractivity contribution < 1.29 is 0 Å². The van der Waals surface area contributed by atoms with Crippen LogP contribution < -0.4 is 5.73 Å². The van der Waals surface area contributed by atoms with Crippen LogP contribution in [0.5, 0.6) is 0 Å². The summed E-state index contributed by atoms with van der Waals surface area (Å²) in [5.41, 5.74) is 7.69. The molecule has 1 rings (SSSR count). The van der Waals surface area contributed by atoms with Crippen molar-refractivity contribution in [2.45, 2.75) is 11.8 Å². The zero-order valence-corrected chi connectivity index (χ0v) is 8.03. The molecule has 0 saturated heterocycles. The van der Waals surface area contributed by atoms with Crippen LogP contribution in [0.3, 0.4) is 0 Å². The molecule has 0 spiro atoms. The van der Waals surface area contributed by atoms with Crippen LogP contribution in [-0.2, 0) is 0 Å². The van der Waals surface area contributed by atoms with Crippen LogP contribution in [0, 0.1) is 6.92 Å². The molecule has 0 bridgehead atoms. The molecule has 1 aromatic rings. The zero-order valence-electron chi connectivity index (χ0n) is 7.21. The molecule has 0 amide bonds. The molecule has 0 unspecified atom stereocenters. The van der Waals surface area contributed by atoms with Crippen LogP contribution in [0.25, 0.3) is 0 Å². The molecule has 0 aliphatic carbocycles. The predicted octanol–water partition coefficient (Wildman–Crippen LogP) is 2.86. The van der Waals surface area contributed by atoms with Crippen molar-refractivity contribution in [3.63, 3.8) is 0 Å². The number of aryl methyl sites for hydroxylation is 1. The molecule has 0 atom stereocenters. The largest absolute Gasteiger partial charge is 0.399 e. The lowest BCUT2D eigenvalue weighted by Crippen LogP contribution is -1.88. The molecule has 0 aliphatic heterocycles. The van der Waals surface area contributed by atoms with E-state index < -0.39 is 0 Å². The standard InChI is InChI=1S/C10H13NS/c1-3-6-12-9-4-5-10(11)8(2)7-9/h3-5,7H,1,6,11H2,2H3. The average molecular weight is 179 g/mol. The first-order chi connectivity index (χ1) is 5.74. The van der Waals surface area contributed by atoms with Crippen LogP contribution >= 0.6 is 11.8 Å². The van der Waals surface area contributed by atoms with Gasteiger partial charge in [-0.05, 0) is 30.7 Å². The van der Waals surface area contributed by atoms with E-state index in [0.717, 1.165) is 17.0 Å². The van der Waals surface area contributed by atoms with Gasteiger partial charge in [0.05, 0.1) is 0 Å². The van der Waals surface area contributed by atoms with Gasteiger partial charge >= 0.3 is 0 Å². The first kappa shape index (κ1) is 9.20. The fraction of sp³-hybridized carbons (Fsp3) is 0.200. The molecule has 0 heterocycles. The molecule has 64 valence electrons. The minimum atomic E-state index is 0.859. The Morgan fingerprint density at radius 1 is 1.58 bits per heavy atom. The van der Waals surface area contributed by atoms with Crippen LogP contribution in [0.4, 0.5) is 5.69 Å². The number of nitrogens with two attached hydrogens (primary N) is 1. The second-order valence-electron chi connectivity index (χ2n) is 2.62. The number of hydrogen-bond donors (Lipinski definition) is 1. The fourth-order valence-electron chi connectivity index (χ4n) is 0.893. The molecule has 0 aliphatic rings. The van der Waals surface area contributed by atoms with Crippen molar-refractivity contribution in [3.8, 4) is 0 Å². The highest BCUT2D eigenvalue weighted by molar-refractivity contribution is 7.99. The second-order valence-corrected chi connectivity index (χ2v) is 3.71. The Morgan fingerprint density at radius 3 is 2.92 bits per heavy atom. The smallest absolute Gasteiger partial charge is 0.0344 e. The highest BCUT2D eigenvalue weighted by atomic mass is 32.2. The summed E-state index contributed by atoms with van der Waals surface area (Å²) in [6, 6.07) is 6.08. The van der Waals surface area contributed by atoms with E-state index in [1.165, 1.54) is 4.90 Å². The maximum absolute atomic E-state index is 5.69. The van der Waals surface area contributed by atoms with Crippen molar-refractivity contribution in [1.82, 2.24) is 0 Å². The lowest BCUT2D eigenvalue weighted by Gasteiger charge is -2.02. The number of hydrogen-bond acceptors (Lipinski definition) is 2. The molecule has 0 fully saturated rings. The van der Waals surface area contributed by atoms with Gasteiger partial charge in [0, 0.05) is 16.3 Å². The first-order valence-electron chi connectivity index (χ1n) is 3.84. The van der Waals surface area contributed by atoms with Crippen LogP contribution in [0.1, 0.15) is 5.56 Å². The Kier molecular flexibility index (Phi) is 3.23. The van der Waals surface area contributed by atoms with Gasteiger partial charge in [0.1, 0.15) is 0 Å². The fourth-order valence-corrected chi connectivity index (χ4v) is 1.63. The normalized spacial score (nSPS) is 9.75. The summed E-state index contributed by atoms with van der Waals surface area (Å²) in [4.78, 5) is 1.25. The average Bonchev–Trinajstić information content (AvgIpc) is 2.07. The Hall–Kier alpha value is -0.890. The number of nitrogen functional groups attached to an aromatic ring is 1. The molecular weight excluding hydrogens is 166 g/mol. The van der Waals surface area contributed by atoms with Crippen LogP contribution in [0.2, 0.25) is 0 Å². The summed E-state index contributed by atoms with van der Waals surface area (Å²) in [7, 11) is 0. The monoisotopic (exact) mass is 179 g/mol. The molecule has 0 radical (unpaired) electrons. The molecule has 2 heteroatoms. The highest BCUT2D eigenvalue weighted by Gasteiger charge is 1.95. The van der Waals surface area contributed by atoms with Gasteiger partial charge in [-0.1, -0.05) is 6.08 Å². The van der Waals surface area contributed by atoms with E-state index in [2.05, 4.69) is 12.6 Å². The molecule has 2 N–H and O–H groups in total. The van der Waals surface area contributed by atoms with Crippen molar-refractivity contribution in [3.05, 3.63) is 36.4 Å². The van der Waals surface area contributed by atoms with Gasteiger partial charge in [0.25, 0.3) is 0 Å². The van der Waals surface area contributed by atoms with Gasteiger partial charge in [-0.3, -0.25) is 0 Å². The van der Waals surface area contributed by atoms with E-state index in [0.29, 0.717) is 0 Å². The van der Waals surface area contributed by atoms with E-state index in [4.69, 9.17) is 5.73 Å². The van der Waals surface area contributed by atoms with Crippen LogP contribution in [0.15, 0.2) is 35.7 Å². The van der Waals surface area contributed by atoms with E-state index >= 15 is 0 Å². The maximum Gasteiger partial charge on any atom is 0.0344 e. The third-order valence-electron chi connectivity index (χ3n) is 1.61. The maximum atomic E-state index is 5.69. The molecule has 0 saturated carbocycles. The van der Waals surface area contributed by atoms with Crippen molar-refractivity contribution in [1.29, 1.82) is 0 Å². The van der Waals surface area contributed by atoms with Gasteiger partial charge in [0.2, 0.25) is 0 Å². The Balaban J connectivity index is 2.75. The van der Waals surface area contributed by atoms with Crippen molar-refractivity contribution in [2.75, 3.05) is 11.5 Å². The quantitative estimate of drug-likeness (QED) is 0.438. The number of rotatable bonds is 3. The van der Waals surface area contributed by atoms with E-state index in [1.807, 2.05) is 25.1 Å². The Morgan fingerprint density at radius 2 is 2.33 bits per heavy atom. The third kappa shape index (κ3) is 2.31. The van der Waals surface area contributed by atoms with Gasteiger partial charge in [-0.2, -0.15) is 0 Å². The van der Waals surface area contributed by atoms with E-state index in [-0.39, 0.29) is 0 Å². The molecule has 1 aromatic carbocycles. The minimum Gasteiger partial charge on any atom is -0.399 e. The predicted molar refractivity (Wildman–Crippen MR) is 56.5 cm³/mol. The summed E-state index contributed by atoms with van der Waals surface area (Å²) < 4.78 is 0. The number of benzene rings is 1. The van der Waals surface area contributed by atoms with Gasteiger partial charge in [-0.25, -0.2) is 0 Å². The summed E-state index contributed by atoms with van der Waals surface area (Å²) in [6.07, 6.45) is 1.90. The topological polar surface area (TPSA) is 26.0 Å². The number of thioether (sulfide) groups is 1. The van der Waals surface area contributed by atoms with Crippen LogP contribution in [-0.4, -0.2) is 5.75 Å². The molecule has 0 aromatic heterocycles. The molecular formula is C10H13NS. The third-order valence-corrected chi connectivity index (χ3v) is 2.60. The van der Waals surface area contributed by atoms with Gasteiger partial charge in [-0.15, -0.1) is 18.3 Å². The van der Waals surface area contributed by atoms with E-state index in [1.54, 1.807) is 11.8 Å². The summed E-state index contributed by atoms with van der Waals surface area (Å²) in [5, 5.41) is 0. The lowest BCUT2D eigenvalue weighted by molar-refractivity contribution is 1.36. The zero-order chi connectivity index (χ0) is 8.97. The van der Waals surface area contributed by atoms with E-state index in [9.17, 15) is 0 Å². The summed E-state index contributed by atoms with van der Waals surface area (Å²) >= 11 is 1.77. The van der Waals surface area contributed by atoms with Gasteiger partial charge < -0.3 is 5.73 Å². The molecule has 12 heavy (non-hydrogen) atoms.